The Morgan fingerprint density at radius 3 is 1.40 bits per heavy atom. The minimum atomic E-state index is 0.889. The van der Waals surface area contributed by atoms with Gasteiger partial charge < -0.3 is 32.7 Å². The highest BCUT2D eigenvalue weighted by atomic mass is 32.1. The molecule has 5 N–H and O–H groups in total. The van der Waals surface area contributed by atoms with E-state index in [0.29, 0.717) is 0 Å². The first-order valence-corrected chi connectivity index (χ1v) is 20.9. The minimum absolute atomic E-state index is 0.889. The average Bonchev–Trinajstić information content (AvgIpc) is 4.26. The van der Waals surface area contributed by atoms with Gasteiger partial charge in [-0.15, -0.1) is 43.1 Å². The summed E-state index contributed by atoms with van der Waals surface area (Å²) in [6.45, 7) is 0.889. The number of allylic oxidation sites excluding steroid dienone is 1. The van der Waals surface area contributed by atoms with Crippen LogP contribution in [0.15, 0.2) is 254 Å². The van der Waals surface area contributed by atoms with Crippen LogP contribution in [0.3, 0.4) is 0 Å². The Hall–Kier alpha value is -8.81. The molecule has 0 fully saturated rings. The molecule has 0 atom stereocenters. The Labute approximate surface area is 384 Å². The van der Waals surface area contributed by atoms with Crippen molar-refractivity contribution in [2.24, 2.45) is 4.99 Å². The molecule has 22 nitrogen and oxygen atoms in total. The van der Waals surface area contributed by atoms with E-state index in [0.717, 1.165) is 6.54 Å². The van der Waals surface area contributed by atoms with Crippen LogP contribution in [0.4, 0.5) is 0 Å². The van der Waals surface area contributed by atoms with E-state index in [1.165, 1.54) is 55.7 Å². The summed E-state index contributed by atoms with van der Waals surface area (Å²) >= 11 is 4.81. The topological polar surface area (TPSA) is 299 Å². The predicted molar refractivity (Wildman–Crippen MR) is 248 cm³/mol. The van der Waals surface area contributed by atoms with E-state index in [4.69, 9.17) is 0 Å². The lowest BCUT2D eigenvalue weighted by Gasteiger charge is -1.60. The normalized spacial score (nSPS) is 8.74. The highest BCUT2D eigenvalue weighted by Crippen LogP contribution is 1.91. The Morgan fingerprint density at radius 1 is 0.446 bits per heavy atom. The third kappa shape index (κ3) is 49.5. The number of thiazole rings is 1. The highest BCUT2D eigenvalue weighted by Gasteiger charge is 1.72. The van der Waals surface area contributed by atoms with Gasteiger partial charge in [0.2, 0.25) is 12.8 Å². The van der Waals surface area contributed by atoms with Gasteiger partial charge in [-0.1, -0.05) is 23.4 Å². The summed E-state index contributed by atoms with van der Waals surface area (Å²) in [5.74, 6) is 0. The Morgan fingerprint density at radius 2 is 1.22 bits per heavy atom. The number of aromatic nitrogens is 17. The molecular weight excluding hydrogens is 893 g/mol. The number of furan rings is 1. The van der Waals surface area contributed by atoms with Gasteiger partial charge in [0, 0.05) is 67.4 Å². The molecule has 338 valence electrons. The number of thiophene rings is 1. The van der Waals surface area contributed by atoms with E-state index in [1.807, 2.05) is 83.2 Å². The van der Waals surface area contributed by atoms with E-state index >= 15 is 0 Å². The Kier molecular flexibility index (Phi) is 42.8. The van der Waals surface area contributed by atoms with Crippen LogP contribution >= 0.6 is 34.0 Å². The van der Waals surface area contributed by atoms with E-state index < -0.39 is 0 Å². The molecule has 13 heterocycles. The van der Waals surface area contributed by atoms with Crippen molar-refractivity contribution in [1.29, 1.82) is 0 Å². The molecule has 1 aliphatic rings. The van der Waals surface area contributed by atoms with Crippen molar-refractivity contribution in [2.75, 3.05) is 6.54 Å². The number of H-pyrrole nitrogens is 5. The van der Waals surface area contributed by atoms with Crippen LogP contribution in [0.25, 0.3) is 0 Å². The molecule has 0 amide bonds. The quantitative estimate of drug-likeness (QED) is 0.0948. The molecule has 0 aliphatic carbocycles. The maximum Gasteiger partial charge on any atom is 0.203 e. The van der Waals surface area contributed by atoms with Crippen molar-refractivity contribution in [3.05, 3.63) is 231 Å². The van der Waals surface area contributed by atoms with Gasteiger partial charge in [0.15, 0.2) is 6.39 Å². The standard InChI is InChI=1S/2C4H5N.C4H4O.C4H4S.3C3H4N2.2C3H3NO.C3H3NS.C2H3N3.C2H2N2O.C2H2N2S/c4*1-2-4-5-3-1;2*1-2-5-3-4-1;1-2-4-5-3-1;1-2-5-3-4-1;1-2-4-5-3-1;1-2-5-3-4-1;1-3-2-5-4-1;2*1-3-4-2-5-1/h1-3H,4H2;1-5H;2*1-4H;3*1-3H,(H,4,5);3*1-3H;1-2H,(H,3,4,5);2*1-2H. The average molecular weight is 939 g/mol. The molecule has 1 aliphatic heterocycles. The maximum atomic E-state index is 4.58. The van der Waals surface area contributed by atoms with Crippen molar-refractivity contribution in [2.45, 2.75) is 0 Å². The Bertz CT molecular complexity index is 1510. The lowest BCUT2D eigenvalue weighted by atomic mass is 10.6. The third-order valence-electron chi connectivity index (χ3n) is 5.04. The molecule has 25 heteroatoms. The van der Waals surface area contributed by atoms with Crippen LogP contribution in [0.2, 0.25) is 0 Å². The van der Waals surface area contributed by atoms with Crippen LogP contribution < -0.4 is 0 Å². The molecule has 65 heavy (non-hydrogen) atoms. The zero-order valence-electron chi connectivity index (χ0n) is 34.4. The number of aliphatic imine (C=N–C) groups is 1. The van der Waals surface area contributed by atoms with Crippen LogP contribution in [0, 0.1) is 0 Å². The number of hydrogen-bond acceptors (Lipinski definition) is 20. The molecule has 0 saturated heterocycles. The van der Waals surface area contributed by atoms with Gasteiger partial charge in [0.1, 0.15) is 36.2 Å². The fourth-order valence-electron chi connectivity index (χ4n) is 2.65. The molecule has 0 spiro atoms. The summed E-state index contributed by atoms with van der Waals surface area (Å²) < 4.78 is 17.8. The van der Waals surface area contributed by atoms with Gasteiger partial charge in [-0.05, 0) is 53.2 Å². The van der Waals surface area contributed by atoms with Gasteiger partial charge >= 0.3 is 0 Å². The van der Waals surface area contributed by atoms with Crippen molar-refractivity contribution in [3.63, 3.8) is 0 Å². The van der Waals surface area contributed by atoms with Crippen LogP contribution in [-0.2, 0) is 0 Å². The van der Waals surface area contributed by atoms with E-state index in [-0.39, 0.29) is 0 Å². The van der Waals surface area contributed by atoms with Gasteiger partial charge in [0.05, 0.1) is 49.6 Å². The van der Waals surface area contributed by atoms with Crippen molar-refractivity contribution in [3.8, 4) is 0 Å². The van der Waals surface area contributed by atoms with Gasteiger partial charge in [-0.25, -0.2) is 19.9 Å². The number of aromatic amines is 5. The first-order valence-electron chi connectivity index (χ1n) is 18.1. The second-order valence-electron chi connectivity index (χ2n) is 9.55. The monoisotopic (exact) mass is 938 g/mol. The fraction of sp³-hybridized carbons (Fsp3) is 0.0250. The van der Waals surface area contributed by atoms with E-state index in [2.05, 4.69) is 109 Å². The molecule has 0 aromatic carbocycles. The minimum Gasteiger partial charge on any atom is -0.473 e. The third-order valence-corrected chi connectivity index (χ3v) is 6.62. The highest BCUT2D eigenvalue weighted by molar-refractivity contribution is 7.08. The molecule has 0 unspecified atom stereocenters. The summed E-state index contributed by atoms with van der Waals surface area (Å²) in [6, 6.07) is 15.1. The number of nitrogens with zero attached hydrogens (tertiary/aromatic N) is 13. The first-order chi connectivity index (χ1) is 32.5. The number of rotatable bonds is 0. The second kappa shape index (κ2) is 51.3. The first kappa shape index (κ1) is 54.2. The van der Waals surface area contributed by atoms with E-state index in [1.54, 1.807) is 132 Å². The molecule has 12 aromatic heterocycles. The second-order valence-corrected chi connectivity index (χ2v) is 11.8. The molecule has 0 radical (unpaired) electrons. The van der Waals surface area contributed by atoms with Crippen molar-refractivity contribution in [1.82, 2.24) is 85.8 Å². The molecule has 0 bridgehead atoms. The van der Waals surface area contributed by atoms with Crippen LogP contribution in [0.5, 0.6) is 0 Å². The summed E-state index contributed by atoms with van der Waals surface area (Å²) in [5, 5.41) is 35.1. The molecule has 0 saturated carbocycles. The van der Waals surface area contributed by atoms with Crippen LogP contribution in [0.1, 0.15) is 0 Å². The molecular formula is C40H46N18O4S3. The fourth-order valence-corrected chi connectivity index (χ4v) is 3.72. The van der Waals surface area contributed by atoms with Crippen LogP contribution in [-0.4, -0.2) is 98.6 Å². The number of imidazole rings is 2. The predicted octanol–water partition coefficient (Wildman–Crippen LogP) is 8.80. The summed E-state index contributed by atoms with van der Waals surface area (Å²) in [5.41, 5.74) is 5.15. The largest absolute Gasteiger partial charge is 0.473 e. The molecule has 12 aromatic rings. The Balaban J connectivity index is 0.000000352. The lowest BCUT2D eigenvalue weighted by Crippen LogP contribution is -1.54. The van der Waals surface area contributed by atoms with Crippen molar-refractivity contribution < 1.29 is 17.8 Å². The zero-order chi connectivity index (χ0) is 46.0. The summed E-state index contributed by atoms with van der Waals surface area (Å²) in [6.07, 6.45) is 41.2. The van der Waals surface area contributed by atoms with Gasteiger partial charge in [-0.3, -0.25) is 20.2 Å². The number of hydrogen-bond donors (Lipinski definition) is 5. The van der Waals surface area contributed by atoms with Crippen molar-refractivity contribution >= 4 is 40.2 Å². The smallest absolute Gasteiger partial charge is 0.203 e. The zero-order valence-corrected chi connectivity index (χ0v) is 36.8. The number of oxazole rings is 1. The van der Waals surface area contributed by atoms with Gasteiger partial charge in [-0.2, -0.15) is 21.5 Å². The van der Waals surface area contributed by atoms with Gasteiger partial charge in [0.25, 0.3) is 0 Å². The number of nitrogens with one attached hydrogen (secondary N) is 5. The lowest BCUT2D eigenvalue weighted by molar-refractivity contribution is 0.420. The SMILES string of the molecule is C1=CCN=C1.c1c[nH]cn1.c1c[nH]cn1.c1cc[nH]c1.c1ccoc1.c1ccsc1.c1cn[nH]c1.c1cnoc1.c1cocn1.c1cscn1.c1nc[nH]n1.c1nnco1.c1nncs1. The summed E-state index contributed by atoms with van der Waals surface area (Å²) in [7, 11) is 0. The van der Waals surface area contributed by atoms with E-state index in [9.17, 15) is 0 Å². The maximum absolute atomic E-state index is 4.58. The summed E-state index contributed by atoms with van der Waals surface area (Å²) in [4.78, 5) is 30.4. The molecule has 13 rings (SSSR count).